The second-order valence-electron chi connectivity index (χ2n) is 4.07. The largest absolute Gasteiger partial charge is 0.397 e. The van der Waals surface area contributed by atoms with E-state index in [0.29, 0.717) is 0 Å². The van der Waals surface area contributed by atoms with Crippen molar-refractivity contribution in [2.45, 2.75) is 20.3 Å². The zero-order chi connectivity index (χ0) is 12.3. The molecule has 0 radical (unpaired) electrons. The summed E-state index contributed by atoms with van der Waals surface area (Å²) in [6, 6.07) is 6.04. The summed E-state index contributed by atoms with van der Waals surface area (Å²) in [6.45, 7) is 4.90. The fourth-order valence-electron chi connectivity index (χ4n) is 1.68. The summed E-state index contributed by atoms with van der Waals surface area (Å²) in [5, 5.41) is 6.58. The van der Waals surface area contributed by atoms with Crippen molar-refractivity contribution in [3.8, 4) is 0 Å². The highest BCUT2D eigenvalue weighted by atomic mass is 32.1. The Morgan fingerprint density at radius 3 is 2.88 bits per heavy atom. The van der Waals surface area contributed by atoms with Gasteiger partial charge in [-0.15, -0.1) is 11.3 Å². The van der Waals surface area contributed by atoms with Gasteiger partial charge in [0.25, 0.3) is 0 Å². The molecule has 0 fully saturated rings. The third kappa shape index (κ3) is 2.97. The number of aromatic nitrogens is 1. The molecule has 1 aromatic carbocycles. The number of nitrogens with one attached hydrogen (secondary N) is 1. The lowest BCUT2D eigenvalue weighted by molar-refractivity contribution is 0.969. The normalized spacial score (nSPS) is 10.5. The Labute approximate surface area is 106 Å². The molecule has 0 atom stereocenters. The molecule has 1 aromatic heterocycles. The first-order chi connectivity index (χ1) is 8.16. The minimum atomic E-state index is 0.835. The van der Waals surface area contributed by atoms with Crippen LogP contribution in [-0.2, 0) is 6.42 Å². The molecule has 3 nitrogen and oxygen atoms in total. The molecule has 0 amide bonds. The van der Waals surface area contributed by atoms with E-state index in [1.165, 1.54) is 0 Å². The number of anilines is 2. The van der Waals surface area contributed by atoms with Crippen LogP contribution < -0.4 is 11.1 Å². The Morgan fingerprint density at radius 1 is 1.35 bits per heavy atom. The number of para-hydroxylation sites is 1. The van der Waals surface area contributed by atoms with Crippen LogP contribution in [0.15, 0.2) is 23.6 Å². The van der Waals surface area contributed by atoms with Gasteiger partial charge in [0.1, 0.15) is 0 Å². The van der Waals surface area contributed by atoms with Crippen molar-refractivity contribution in [3.63, 3.8) is 0 Å². The number of nitrogens with two attached hydrogens (primary N) is 1. The summed E-state index contributed by atoms with van der Waals surface area (Å²) >= 11 is 1.69. The first-order valence-corrected chi connectivity index (χ1v) is 6.55. The summed E-state index contributed by atoms with van der Waals surface area (Å²) in [4.78, 5) is 4.43. The van der Waals surface area contributed by atoms with E-state index in [0.717, 1.165) is 40.6 Å². The van der Waals surface area contributed by atoms with Crippen LogP contribution in [0, 0.1) is 13.8 Å². The molecule has 4 heteroatoms. The molecule has 0 aliphatic heterocycles. The lowest BCUT2D eigenvalue weighted by Gasteiger charge is -2.10. The van der Waals surface area contributed by atoms with Gasteiger partial charge in [-0.3, -0.25) is 0 Å². The monoisotopic (exact) mass is 247 g/mol. The van der Waals surface area contributed by atoms with Crippen LogP contribution in [0.3, 0.4) is 0 Å². The SMILES string of the molecule is Cc1nc(CCNc2cccc(C)c2N)cs1. The van der Waals surface area contributed by atoms with E-state index >= 15 is 0 Å². The molecule has 2 aromatic rings. The predicted molar refractivity (Wildman–Crippen MR) is 74.6 cm³/mol. The molecule has 2 rings (SSSR count). The third-order valence-electron chi connectivity index (χ3n) is 2.69. The average molecular weight is 247 g/mol. The molecule has 0 aliphatic rings. The van der Waals surface area contributed by atoms with Gasteiger partial charge in [-0.2, -0.15) is 0 Å². The van der Waals surface area contributed by atoms with Crippen LogP contribution in [0.5, 0.6) is 0 Å². The maximum atomic E-state index is 5.99. The molecule has 0 bridgehead atoms. The topological polar surface area (TPSA) is 50.9 Å². The van der Waals surface area contributed by atoms with Crippen LogP contribution in [0.25, 0.3) is 0 Å². The van der Waals surface area contributed by atoms with Gasteiger partial charge in [0.15, 0.2) is 0 Å². The van der Waals surface area contributed by atoms with Gasteiger partial charge in [-0.1, -0.05) is 12.1 Å². The van der Waals surface area contributed by atoms with Crippen molar-refractivity contribution in [2.24, 2.45) is 0 Å². The van der Waals surface area contributed by atoms with Gasteiger partial charge in [0.05, 0.1) is 22.1 Å². The highest BCUT2D eigenvalue weighted by Crippen LogP contribution is 2.21. The maximum Gasteiger partial charge on any atom is 0.0897 e. The number of rotatable bonds is 4. The van der Waals surface area contributed by atoms with Gasteiger partial charge < -0.3 is 11.1 Å². The van der Waals surface area contributed by atoms with Gasteiger partial charge in [0, 0.05) is 18.3 Å². The van der Waals surface area contributed by atoms with E-state index in [-0.39, 0.29) is 0 Å². The highest BCUT2D eigenvalue weighted by Gasteiger charge is 2.02. The van der Waals surface area contributed by atoms with Crippen LogP contribution >= 0.6 is 11.3 Å². The lowest BCUT2D eigenvalue weighted by Crippen LogP contribution is -2.07. The van der Waals surface area contributed by atoms with E-state index in [1.54, 1.807) is 11.3 Å². The quantitative estimate of drug-likeness (QED) is 0.817. The molecule has 90 valence electrons. The predicted octanol–water partition coefficient (Wildman–Crippen LogP) is 3.00. The van der Waals surface area contributed by atoms with Crippen molar-refractivity contribution in [1.29, 1.82) is 0 Å². The minimum Gasteiger partial charge on any atom is -0.397 e. The van der Waals surface area contributed by atoms with E-state index in [1.807, 2.05) is 32.0 Å². The fraction of sp³-hybridized carbons (Fsp3) is 0.308. The average Bonchev–Trinajstić information content (AvgIpc) is 2.70. The summed E-state index contributed by atoms with van der Waals surface area (Å²) in [7, 11) is 0. The van der Waals surface area contributed by atoms with Crippen LogP contribution in [0.1, 0.15) is 16.3 Å². The molecule has 3 N–H and O–H groups in total. The van der Waals surface area contributed by atoms with Crippen molar-refractivity contribution >= 4 is 22.7 Å². The smallest absolute Gasteiger partial charge is 0.0897 e. The number of nitrogen functional groups attached to an aromatic ring is 1. The molecule has 17 heavy (non-hydrogen) atoms. The second-order valence-corrected chi connectivity index (χ2v) is 5.13. The third-order valence-corrected chi connectivity index (χ3v) is 3.51. The van der Waals surface area contributed by atoms with Gasteiger partial charge in [0.2, 0.25) is 0 Å². The summed E-state index contributed by atoms with van der Waals surface area (Å²) in [6.07, 6.45) is 0.928. The number of hydrogen-bond donors (Lipinski definition) is 2. The Hall–Kier alpha value is -1.55. The Kier molecular flexibility index (Phi) is 3.64. The molecular weight excluding hydrogens is 230 g/mol. The van der Waals surface area contributed by atoms with E-state index in [2.05, 4.69) is 15.7 Å². The number of benzene rings is 1. The van der Waals surface area contributed by atoms with Crippen molar-refractivity contribution in [3.05, 3.63) is 39.8 Å². The standard InChI is InChI=1S/C13H17N3S/c1-9-4-3-5-12(13(9)14)15-7-6-11-8-17-10(2)16-11/h3-5,8,15H,6-7,14H2,1-2H3. The Balaban J connectivity index is 1.92. The van der Waals surface area contributed by atoms with E-state index in [9.17, 15) is 0 Å². The molecule has 0 unspecified atom stereocenters. The van der Waals surface area contributed by atoms with Crippen LogP contribution in [-0.4, -0.2) is 11.5 Å². The summed E-state index contributed by atoms with van der Waals surface area (Å²) in [5.74, 6) is 0. The first-order valence-electron chi connectivity index (χ1n) is 5.67. The molecular formula is C13H17N3S. The maximum absolute atomic E-state index is 5.99. The molecule has 0 saturated heterocycles. The van der Waals surface area contributed by atoms with Crippen molar-refractivity contribution in [2.75, 3.05) is 17.6 Å². The van der Waals surface area contributed by atoms with E-state index < -0.39 is 0 Å². The zero-order valence-corrected chi connectivity index (χ0v) is 11.0. The highest BCUT2D eigenvalue weighted by molar-refractivity contribution is 7.09. The summed E-state index contributed by atoms with van der Waals surface area (Å²) in [5.41, 5.74) is 10.1. The van der Waals surface area contributed by atoms with E-state index in [4.69, 9.17) is 5.73 Å². The zero-order valence-electron chi connectivity index (χ0n) is 10.2. The minimum absolute atomic E-state index is 0.835. The van der Waals surface area contributed by atoms with Crippen LogP contribution in [0.4, 0.5) is 11.4 Å². The first kappa shape index (κ1) is 11.9. The summed E-state index contributed by atoms with van der Waals surface area (Å²) < 4.78 is 0. The molecule has 1 heterocycles. The number of nitrogens with zero attached hydrogens (tertiary/aromatic N) is 1. The van der Waals surface area contributed by atoms with Gasteiger partial charge >= 0.3 is 0 Å². The van der Waals surface area contributed by atoms with Crippen LogP contribution in [0.2, 0.25) is 0 Å². The number of aryl methyl sites for hydroxylation is 2. The Bertz CT molecular complexity index is 505. The molecule has 0 aliphatic carbocycles. The molecule has 0 spiro atoms. The number of hydrogen-bond acceptors (Lipinski definition) is 4. The van der Waals surface area contributed by atoms with Crippen molar-refractivity contribution < 1.29 is 0 Å². The Morgan fingerprint density at radius 2 is 2.18 bits per heavy atom. The molecule has 0 saturated carbocycles. The van der Waals surface area contributed by atoms with Gasteiger partial charge in [-0.05, 0) is 25.5 Å². The van der Waals surface area contributed by atoms with Crippen molar-refractivity contribution in [1.82, 2.24) is 4.98 Å². The fourth-order valence-corrected chi connectivity index (χ4v) is 2.33. The van der Waals surface area contributed by atoms with Gasteiger partial charge in [-0.25, -0.2) is 4.98 Å². The lowest BCUT2D eigenvalue weighted by atomic mass is 10.1. The second kappa shape index (κ2) is 5.19. The number of thiazole rings is 1.